The van der Waals surface area contributed by atoms with Gasteiger partial charge in [0.25, 0.3) is 5.91 Å². The van der Waals surface area contributed by atoms with E-state index < -0.39 is 160 Å². The zero-order valence-corrected chi connectivity index (χ0v) is 63.8. The minimum Gasteiger partial charge on any atom is -0.390 e. The van der Waals surface area contributed by atoms with E-state index in [1.54, 1.807) is 68.4 Å². The van der Waals surface area contributed by atoms with E-state index in [-0.39, 0.29) is 49.9 Å². The Morgan fingerprint density at radius 2 is 0.979 bits per heavy atom. The van der Waals surface area contributed by atoms with Gasteiger partial charge in [0.05, 0.1) is 11.7 Å². The van der Waals surface area contributed by atoms with Crippen molar-refractivity contribution in [2.45, 2.75) is 248 Å². The molecule has 13 atom stereocenters. The molecule has 1 heterocycles. The molecule has 0 saturated carbocycles. The second-order valence-corrected chi connectivity index (χ2v) is 29.8. The molecule has 546 valence electrons. The Morgan fingerprint density at radius 3 is 1.44 bits per heavy atom. The fraction of sp³-hybridized carbons (Fsp3) is 0.812. The molecule has 25 nitrogen and oxygen atoms in total. The van der Waals surface area contributed by atoms with E-state index in [2.05, 4.69) is 26.2 Å². The predicted molar refractivity (Wildman–Crippen MR) is 374 cm³/mol. The maximum absolute atomic E-state index is 15.5. The minimum atomic E-state index is -1.65. The second kappa shape index (κ2) is 40.1. The molecule has 95 heavy (non-hydrogen) atoms. The first kappa shape index (κ1) is 87.2. The maximum atomic E-state index is 15.5. The zero-order chi connectivity index (χ0) is 73.6. The summed E-state index contributed by atoms with van der Waals surface area (Å²) in [6.45, 7) is 35.6. The summed E-state index contributed by atoms with van der Waals surface area (Å²) in [5, 5.41) is 22.2. The molecule has 26 heteroatoms. The Hall–Kier alpha value is -5.86. The number of hydrogen-bond acceptors (Lipinski definition) is 15. The molecular weight excluding hydrogens is 1240 g/mol. The van der Waals surface area contributed by atoms with E-state index >= 15 is 33.6 Å². The third-order valence-electron chi connectivity index (χ3n) is 18.3. The van der Waals surface area contributed by atoms with E-state index in [9.17, 15) is 24.3 Å². The van der Waals surface area contributed by atoms with Crippen LogP contribution in [0.5, 0.6) is 0 Å². The number of carbonyl (C=O) groups excluding carboxylic acids is 11. The fourth-order valence-corrected chi connectivity index (χ4v) is 13.0. The Balaban J connectivity index is 4.62. The number of amides is 11. The van der Waals surface area contributed by atoms with Crippen molar-refractivity contribution in [3.05, 3.63) is 12.2 Å². The monoisotopic (exact) mass is 1360 g/mol. The number of thioether (sulfide) groups is 1. The van der Waals surface area contributed by atoms with Crippen LogP contribution in [-0.4, -0.2) is 269 Å². The number of hydrogen-bond donors (Lipinski definition) is 5. The van der Waals surface area contributed by atoms with Crippen LogP contribution in [0.4, 0.5) is 0 Å². The van der Waals surface area contributed by atoms with E-state index in [0.717, 1.165) is 16.7 Å². The molecule has 0 bridgehead atoms. The Bertz CT molecular complexity index is 2580. The number of nitrogens with one attached hydrogen (secondary N) is 4. The summed E-state index contributed by atoms with van der Waals surface area (Å²) in [6.07, 6.45) is 2.67. The first-order valence-electron chi connectivity index (χ1n) is 34.2. The lowest BCUT2D eigenvalue weighted by molar-refractivity contribution is -0.157. The van der Waals surface area contributed by atoms with Crippen LogP contribution in [0.3, 0.4) is 0 Å². The third kappa shape index (κ3) is 24.9. The van der Waals surface area contributed by atoms with Gasteiger partial charge >= 0.3 is 0 Å². The van der Waals surface area contributed by atoms with Crippen molar-refractivity contribution < 1.29 is 62.6 Å². The highest BCUT2D eigenvalue weighted by atomic mass is 32.2. The van der Waals surface area contributed by atoms with Crippen LogP contribution in [0.25, 0.3) is 0 Å². The average molecular weight is 1360 g/mol. The molecule has 0 aliphatic carbocycles. The smallest absolute Gasteiger partial charge is 0.256 e. The van der Waals surface area contributed by atoms with E-state index in [1.807, 2.05) is 61.5 Å². The zero-order valence-electron chi connectivity index (χ0n) is 63.0. The molecule has 0 aromatic carbocycles. The first-order valence-corrected chi connectivity index (χ1v) is 35.3. The molecule has 0 aromatic rings. The normalized spacial score (nSPS) is 26.3. The van der Waals surface area contributed by atoms with Crippen LogP contribution in [0, 0.1) is 35.5 Å². The number of methoxy groups -OCH3 is 1. The van der Waals surface area contributed by atoms with Gasteiger partial charge in [-0.25, -0.2) is 0 Å². The molecule has 5 N–H and O–H groups in total. The molecule has 11 amide bonds. The average Bonchev–Trinajstić information content (AvgIpc) is 0.810. The summed E-state index contributed by atoms with van der Waals surface area (Å²) in [6, 6.07) is -12.9. The number of likely N-dealkylation sites (N-methyl/N-ethyl adjacent to an activating group) is 7. The topological polar surface area (TPSA) is 291 Å². The highest BCUT2D eigenvalue weighted by Crippen LogP contribution is 2.28. The molecule has 1 saturated heterocycles. The third-order valence-corrected chi connectivity index (χ3v) is 19.6. The van der Waals surface area contributed by atoms with Crippen LogP contribution in [0.2, 0.25) is 0 Å². The SMILES string of the molecule is C/C=C/C[C@@H](C)[C@@H](O)[C@H]1C(=O)N[C@@H](CC)C(=O)N(C)[C@H](SCCN(CC)CC)C(=O)N(C)[C@@H](CC(C)(C)OC)C(=O)N[C@@H](C(C)C)C(=O)N(C)[C@@H](CC(C)C)C(=O)N[C@@H](C)C(=O)N[C@H](C)C(=O)N(C)[C@@H](CC(C)C)C(=O)N(C)[C@@H](CC(C)C)C(=O)N(C)[C@@H](C(C)C)C(=O)N1C. The molecule has 0 radical (unpaired) electrons. The van der Waals surface area contributed by atoms with Gasteiger partial charge in [0, 0.05) is 75.2 Å². The van der Waals surface area contributed by atoms with Gasteiger partial charge in [-0.05, 0) is 115 Å². The van der Waals surface area contributed by atoms with Crippen molar-refractivity contribution in [3.8, 4) is 0 Å². The van der Waals surface area contributed by atoms with Gasteiger partial charge in [-0.3, -0.25) is 52.7 Å². The molecule has 1 aliphatic heterocycles. The highest BCUT2D eigenvalue weighted by molar-refractivity contribution is 8.00. The van der Waals surface area contributed by atoms with Crippen molar-refractivity contribution in [3.63, 3.8) is 0 Å². The van der Waals surface area contributed by atoms with Gasteiger partial charge in [-0.2, -0.15) is 0 Å². The van der Waals surface area contributed by atoms with Crippen LogP contribution < -0.4 is 21.3 Å². The minimum absolute atomic E-state index is 0.0133. The molecule has 0 unspecified atom stereocenters. The van der Waals surface area contributed by atoms with Gasteiger partial charge in [0.1, 0.15) is 60.4 Å². The van der Waals surface area contributed by atoms with Crippen LogP contribution in [-0.2, 0) is 57.5 Å². The summed E-state index contributed by atoms with van der Waals surface area (Å²) in [5.41, 5.74) is -1.04. The number of carbonyl (C=O) groups is 11. The van der Waals surface area contributed by atoms with Gasteiger partial charge in [-0.1, -0.05) is 109 Å². The second-order valence-electron chi connectivity index (χ2n) is 28.6. The van der Waals surface area contributed by atoms with E-state index in [1.165, 1.54) is 99.7 Å². The molecular formula is C69H126N12O13S. The van der Waals surface area contributed by atoms with Crippen molar-refractivity contribution >= 4 is 76.7 Å². The van der Waals surface area contributed by atoms with E-state index in [0.29, 0.717) is 31.8 Å². The summed E-state index contributed by atoms with van der Waals surface area (Å²) in [4.78, 5) is 175. The quantitative estimate of drug-likeness (QED) is 0.0937. The Labute approximate surface area is 574 Å². The summed E-state index contributed by atoms with van der Waals surface area (Å²) < 4.78 is 5.84. The van der Waals surface area contributed by atoms with Gasteiger partial charge in [0.2, 0.25) is 59.1 Å². The number of aliphatic hydroxyl groups excluding tert-OH is 1. The highest BCUT2D eigenvalue weighted by Gasteiger charge is 2.47. The number of allylic oxidation sites excluding steroid dienone is 2. The summed E-state index contributed by atoms with van der Waals surface area (Å²) >= 11 is 1.16. The van der Waals surface area contributed by atoms with Gasteiger partial charge in [-0.15, -0.1) is 11.8 Å². The maximum Gasteiger partial charge on any atom is 0.256 e. The van der Waals surface area contributed by atoms with Crippen molar-refractivity contribution in [2.24, 2.45) is 35.5 Å². The summed E-state index contributed by atoms with van der Waals surface area (Å²) in [5.74, 6) is -9.61. The number of rotatable bonds is 22. The summed E-state index contributed by atoms with van der Waals surface area (Å²) in [7, 11) is 11.5. The van der Waals surface area contributed by atoms with Crippen LogP contribution in [0.1, 0.15) is 170 Å². The van der Waals surface area contributed by atoms with E-state index in [4.69, 9.17) is 4.74 Å². The van der Waals surface area contributed by atoms with Crippen molar-refractivity contribution in [1.82, 2.24) is 60.5 Å². The predicted octanol–water partition coefficient (Wildman–Crippen LogP) is 4.44. The first-order chi connectivity index (χ1) is 44.0. The van der Waals surface area contributed by atoms with Crippen LogP contribution >= 0.6 is 11.8 Å². The molecule has 1 fully saturated rings. The Morgan fingerprint density at radius 1 is 0.526 bits per heavy atom. The molecule has 1 aliphatic rings. The van der Waals surface area contributed by atoms with Gasteiger partial charge in [0.15, 0.2) is 5.37 Å². The number of ether oxygens (including phenoxy) is 1. The van der Waals surface area contributed by atoms with Crippen molar-refractivity contribution in [2.75, 3.05) is 81.8 Å². The lowest BCUT2D eigenvalue weighted by atomic mass is 9.91. The lowest BCUT2D eigenvalue weighted by Gasteiger charge is -2.41. The largest absolute Gasteiger partial charge is 0.390 e. The molecule has 0 spiro atoms. The molecule has 0 aromatic heterocycles. The van der Waals surface area contributed by atoms with Crippen LogP contribution in [0.15, 0.2) is 12.2 Å². The van der Waals surface area contributed by atoms with Gasteiger partial charge < -0.3 is 70.3 Å². The Kier molecular flexibility index (Phi) is 36.8. The number of aliphatic hydroxyl groups is 1. The fourth-order valence-electron chi connectivity index (χ4n) is 11.8. The lowest BCUT2D eigenvalue weighted by Crippen LogP contribution is -2.64. The number of nitrogens with zero attached hydrogens (tertiary/aromatic N) is 8. The van der Waals surface area contributed by atoms with Crippen molar-refractivity contribution in [1.29, 1.82) is 0 Å². The molecule has 1 rings (SSSR count). The standard InChI is InChI=1S/C69H126N12O13S/c1-28-32-33-45(15)56(82)55-60(86)72-48(29-2)62(88)80(26)68(95-35-34-81(30-3)31-4)67(93)77(23)52(39-69(18,19)94-27)59(85)73-53(43(11)12)65(91)74(20)49(36-40(5)6)58(84)70-46(16)57(83)71-47(17)61(87)75(21)50(37-41(7)8)63(89)76(22)51(38-42(9)10)64(90)78(24)54(44(13)14)66(92)79(55)25/h28,32,40-56,68,82H,29-31,33-39H2,1-27H3,(H,70,84)(H,71,83)(H,72,86)(H,73,85)/b32-28+/t45-,46+,47-,48+,49+,50+,51+,52+,53+,54+,55+,56-,68-/m1/s1.